The van der Waals surface area contributed by atoms with Gasteiger partial charge in [0.1, 0.15) is 0 Å². The molecule has 2 atom stereocenters. The van der Waals surface area contributed by atoms with E-state index in [0.29, 0.717) is 0 Å². The summed E-state index contributed by atoms with van der Waals surface area (Å²) in [5.74, 6) is 0. The van der Waals surface area contributed by atoms with E-state index in [-0.39, 0.29) is 12.1 Å². The molecule has 0 spiro atoms. The first-order valence-corrected chi connectivity index (χ1v) is 8.04. The lowest BCUT2D eigenvalue weighted by molar-refractivity contribution is 0.210. The Bertz CT molecular complexity index is 595. The minimum atomic E-state index is 0.0688. The first-order valence-electron chi connectivity index (χ1n) is 7.25. The van der Waals surface area contributed by atoms with Gasteiger partial charge in [-0.05, 0) is 38.1 Å². The van der Waals surface area contributed by atoms with Crippen molar-refractivity contribution in [2.45, 2.75) is 32.5 Å². The third kappa shape index (κ3) is 4.16. The second kappa shape index (κ2) is 7.21. The second-order valence-electron chi connectivity index (χ2n) is 5.72. The highest BCUT2D eigenvalue weighted by Gasteiger charge is 2.21. The fraction of sp³-hybridized carbons (Fsp3) is 0.333. The van der Waals surface area contributed by atoms with Crippen molar-refractivity contribution in [1.29, 1.82) is 0 Å². The number of hydrogen-bond acceptors (Lipinski definition) is 2. The molecule has 0 amide bonds. The molecule has 0 aliphatic heterocycles. The van der Waals surface area contributed by atoms with Crippen LogP contribution in [0.4, 0.5) is 0 Å². The maximum absolute atomic E-state index is 6.26. The lowest BCUT2D eigenvalue weighted by Gasteiger charge is -2.32. The molecule has 0 saturated carbocycles. The van der Waals surface area contributed by atoms with Crippen LogP contribution in [0.5, 0.6) is 0 Å². The SMILES string of the molecule is Cc1cccc(C(C(C)N)N(C)Cc2ccccc2Br)c1. The highest BCUT2D eigenvalue weighted by atomic mass is 79.9. The molecule has 0 heterocycles. The molecule has 3 heteroatoms. The molecule has 0 aliphatic carbocycles. The van der Waals surface area contributed by atoms with Crippen LogP contribution in [-0.4, -0.2) is 18.0 Å². The summed E-state index contributed by atoms with van der Waals surface area (Å²) in [5.41, 5.74) is 10.1. The molecule has 2 aromatic carbocycles. The van der Waals surface area contributed by atoms with Gasteiger partial charge in [0.25, 0.3) is 0 Å². The number of likely N-dealkylation sites (N-methyl/N-ethyl adjacent to an activating group) is 1. The summed E-state index contributed by atoms with van der Waals surface area (Å²) in [5, 5.41) is 0. The van der Waals surface area contributed by atoms with E-state index in [1.807, 2.05) is 6.07 Å². The van der Waals surface area contributed by atoms with E-state index >= 15 is 0 Å². The maximum Gasteiger partial charge on any atom is 0.0497 e. The van der Waals surface area contributed by atoms with Gasteiger partial charge >= 0.3 is 0 Å². The van der Waals surface area contributed by atoms with Crippen molar-refractivity contribution in [2.24, 2.45) is 5.73 Å². The summed E-state index contributed by atoms with van der Waals surface area (Å²) in [7, 11) is 2.13. The quantitative estimate of drug-likeness (QED) is 0.875. The number of nitrogens with zero attached hydrogens (tertiary/aromatic N) is 1. The predicted molar refractivity (Wildman–Crippen MR) is 93.2 cm³/mol. The van der Waals surface area contributed by atoms with Crippen LogP contribution in [-0.2, 0) is 6.54 Å². The summed E-state index contributed by atoms with van der Waals surface area (Å²) in [4.78, 5) is 2.32. The number of hydrogen-bond donors (Lipinski definition) is 1. The van der Waals surface area contributed by atoms with Crippen molar-refractivity contribution in [3.8, 4) is 0 Å². The Morgan fingerprint density at radius 1 is 1.14 bits per heavy atom. The van der Waals surface area contributed by atoms with Crippen molar-refractivity contribution in [3.05, 3.63) is 69.7 Å². The van der Waals surface area contributed by atoms with Gasteiger partial charge in [-0.15, -0.1) is 0 Å². The van der Waals surface area contributed by atoms with Gasteiger partial charge in [0.2, 0.25) is 0 Å². The monoisotopic (exact) mass is 346 g/mol. The molecule has 0 saturated heterocycles. The summed E-state index contributed by atoms with van der Waals surface area (Å²) >= 11 is 3.62. The fourth-order valence-corrected chi connectivity index (χ4v) is 3.22. The lowest BCUT2D eigenvalue weighted by atomic mass is 9.97. The van der Waals surface area contributed by atoms with Gasteiger partial charge in [-0.1, -0.05) is 64.0 Å². The number of rotatable bonds is 5. The first kappa shape index (κ1) is 16.2. The third-order valence-electron chi connectivity index (χ3n) is 3.73. The molecule has 0 radical (unpaired) electrons. The third-order valence-corrected chi connectivity index (χ3v) is 4.51. The van der Waals surface area contributed by atoms with E-state index in [9.17, 15) is 0 Å². The van der Waals surface area contributed by atoms with Gasteiger partial charge in [0.15, 0.2) is 0 Å². The van der Waals surface area contributed by atoms with Crippen LogP contribution in [0.3, 0.4) is 0 Å². The van der Waals surface area contributed by atoms with Crippen molar-refractivity contribution in [3.63, 3.8) is 0 Å². The summed E-state index contributed by atoms with van der Waals surface area (Å²) in [6.45, 7) is 5.06. The Hall–Kier alpha value is -1.16. The minimum Gasteiger partial charge on any atom is -0.326 e. The zero-order valence-corrected chi connectivity index (χ0v) is 14.5. The van der Waals surface area contributed by atoms with Gasteiger partial charge in [0, 0.05) is 23.1 Å². The zero-order chi connectivity index (χ0) is 15.4. The van der Waals surface area contributed by atoms with Crippen LogP contribution >= 0.6 is 15.9 Å². The van der Waals surface area contributed by atoms with E-state index in [0.717, 1.165) is 11.0 Å². The van der Waals surface area contributed by atoms with Crippen molar-refractivity contribution in [2.75, 3.05) is 7.05 Å². The van der Waals surface area contributed by atoms with Crippen LogP contribution in [0.1, 0.15) is 29.7 Å². The van der Waals surface area contributed by atoms with Gasteiger partial charge in [-0.2, -0.15) is 0 Å². The van der Waals surface area contributed by atoms with Crippen molar-refractivity contribution >= 4 is 15.9 Å². The van der Waals surface area contributed by atoms with Crippen LogP contribution < -0.4 is 5.73 Å². The van der Waals surface area contributed by atoms with Gasteiger partial charge < -0.3 is 5.73 Å². The number of halogens is 1. The smallest absolute Gasteiger partial charge is 0.0497 e. The fourth-order valence-electron chi connectivity index (χ4n) is 2.81. The van der Waals surface area contributed by atoms with Gasteiger partial charge in [-0.3, -0.25) is 4.90 Å². The lowest BCUT2D eigenvalue weighted by Crippen LogP contribution is -2.37. The molecule has 0 fully saturated rings. The normalized spacial score (nSPS) is 14.2. The molecular formula is C18H23BrN2. The predicted octanol–water partition coefficient (Wildman–Crippen LogP) is 4.28. The van der Waals surface area contributed by atoms with Crippen LogP contribution in [0.2, 0.25) is 0 Å². The van der Waals surface area contributed by atoms with Crippen LogP contribution in [0.15, 0.2) is 53.0 Å². The highest BCUT2D eigenvalue weighted by molar-refractivity contribution is 9.10. The molecule has 112 valence electrons. The van der Waals surface area contributed by atoms with Crippen LogP contribution in [0, 0.1) is 6.92 Å². The molecule has 0 aliphatic rings. The van der Waals surface area contributed by atoms with Crippen molar-refractivity contribution in [1.82, 2.24) is 4.90 Å². The summed E-state index contributed by atoms with van der Waals surface area (Å²) in [6, 6.07) is 17.2. The van der Waals surface area contributed by atoms with E-state index in [1.165, 1.54) is 16.7 Å². The molecule has 2 aromatic rings. The molecular weight excluding hydrogens is 324 g/mol. The second-order valence-corrected chi connectivity index (χ2v) is 6.58. The standard InChI is InChI=1S/C18H23BrN2/c1-13-7-6-9-15(11-13)18(14(2)20)21(3)12-16-8-4-5-10-17(16)19/h4-11,14,18H,12,20H2,1-3H3. The Balaban J connectivity index is 2.24. The average Bonchev–Trinajstić information content (AvgIpc) is 2.41. The minimum absolute atomic E-state index is 0.0688. The van der Waals surface area contributed by atoms with E-state index in [4.69, 9.17) is 5.73 Å². The molecule has 0 aromatic heterocycles. The Morgan fingerprint density at radius 2 is 1.86 bits per heavy atom. The summed E-state index contributed by atoms with van der Waals surface area (Å²) in [6.07, 6.45) is 0. The average molecular weight is 347 g/mol. The van der Waals surface area contributed by atoms with E-state index in [1.54, 1.807) is 0 Å². The van der Waals surface area contributed by atoms with Crippen molar-refractivity contribution < 1.29 is 0 Å². The molecule has 2 N–H and O–H groups in total. The first-order chi connectivity index (χ1) is 9.99. The molecule has 0 bridgehead atoms. The molecule has 2 unspecified atom stereocenters. The number of nitrogens with two attached hydrogens (primary N) is 1. The zero-order valence-electron chi connectivity index (χ0n) is 12.9. The van der Waals surface area contributed by atoms with E-state index in [2.05, 4.69) is 84.2 Å². The maximum atomic E-state index is 6.26. The Labute approximate surface area is 136 Å². The Kier molecular flexibility index (Phi) is 5.57. The highest BCUT2D eigenvalue weighted by Crippen LogP contribution is 2.26. The summed E-state index contributed by atoms with van der Waals surface area (Å²) < 4.78 is 1.14. The topological polar surface area (TPSA) is 29.3 Å². The van der Waals surface area contributed by atoms with Gasteiger partial charge in [-0.25, -0.2) is 0 Å². The Morgan fingerprint density at radius 3 is 2.48 bits per heavy atom. The number of aryl methyl sites for hydroxylation is 1. The molecule has 2 nitrogen and oxygen atoms in total. The molecule has 21 heavy (non-hydrogen) atoms. The van der Waals surface area contributed by atoms with Crippen LogP contribution in [0.25, 0.3) is 0 Å². The largest absolute Gasteiger partial charge is 0.326 e. The van der Waals surface area contributed by atoms with E-state index < -0.39 is 0 Å². The van der Waals surface area contributed by atoms with Gasteiger partial charge in [0.05, 0.1) is 0 Å². The number of benzene rings is 2. The molecule has 2 rings (SSSR count).